The number of carbonyl (C=O) groups excluding carboxylic acids is 1. The molecular weight excluding hydrogens is 256 g/mol. The van der Waals surface area contributed by atoms with Crippen LogP contribution in [0.15, 0.2) is 28.4 Å². The third-order valence-corrected chi connectivity index (χ3v) is 3.48. The van der Waals surface area contributed by atoms with E-state index in [1.54, 1.807) is 19.1 Å². The summed E-state index contributed by atoms with van der Waals surface area (Å²) in [7, 11) is 0. The van der Waals surface area contributed by atoms with Crippen molar-refractivity contribution >= 4 is 12.0 Å². The molecule has 5 nitrogen and oxygen atoms in total. The molecule has 2 atom stereocenters. The van der Waals surface area contributed by atoms with E-state index in [1.807, 2.05) is 19.9 Å². The second kappa shape index (κ2) is 6.92. The first-order chi connectivity index (χ1) is 9.40. The van der Waals surface area contributed by atoms with Crippen LogP contribution in [0.3, 0.4) is 0 Å². The number of hydrogen-bond acceptors (Lipinski definition) is 4. The maximum Gasteiger partial charge on any atom is 0.262 e. The third kappa shape index (κ3) is 4.25. The molecule has 0 fully saturated rings. The van der Waals surface area contributed by atoms with E-state index in [4.69, 9.17) is 9.68 Å². The minimum absolute atomic E-state index is 0.0439. The van der Waals surface area contributed by atoms with Gasteiger partial charge in [-0.25, -0.2) is 0 Å². The number of nitriles is 1. The molecule has 0 radical (unpaired) electrons. The van der Waals surface area contributed by atoms with Crippen LogP contribution in [-0.2, 0) is 4.79 Å². The quantitative estimate of drug-likeness (QED) is 0.615. The number of rotatable bonds is 6. The minimum Gasteiger partial charge on any atom is -0.465 e. The fourth-order valence-electron chi connectivity index (χ4n) is 1.63. The Balaban J connectivity index is 2.69. The fraction of sp³-hybridized carbons (Fsp3) is 0.467. The summed E-state index contributed by atoms with van der Waals surface area (Å²) in [5.41, 5.74) is -1.06. The van der Waals surface area contributed by atoms with Crippen molar-refractivity contribution in [1.29, 1.82) is 5.26 Å². The van der Waals surface area contributed by atoms with Crippen molar-refractivity contribution in [3.63, 3.8) is 0 Å². The molecule has 0 unspecified atom stereocenters. The molecule has 0 aliphatic rings. The van der Waals surface area contributed by atoms with Crippen molar-refractivity contribution in [3.8, 4) is 6.07 Å². The first-order valence-electron chi connectivity index (χ1n) is 6.56. The molecule has 0 saturated carbocycles. The Morgan fingerprint density at radius 1 is 1.70 bits per heavy atom. The van der Waals surface area contributed by atoms with Crippen molar-refractivity contribution < 1.29 is 14.3 Å². The van der Waals surface area contributed by atoms with Crippen LogP contribution in [0.1, 0.15) is 33.0 Å². The van der Waals surface area contributed by atoms with Crippen molar-refractivity contribution in [1.82, 2.24) is 5.32 Å². The van der Waals surface area contributed by atoms with Crippen LogP contribution in [-0.4, -0.2) is 23.2 Å². The predicted molar refractivity (Wildman–Crippen MR) is 75.4 cm³/mol. The highest BCUT2D eigenvalue weighted by Crippen LogP contribution is 2.19. The first kappa shape index (κ1) is 16.0. The van der Waals surface area contributed by atoms with Crippen molar-refractivity contribution in [3.05, 3.63) is 29.7 Å². The Kier molecular flexibility index (Phi) is 5.53. The fourth-order valence-corrected chi connectivity index (χ4v) is 1.63. The lowest BCUT2D eigenvalue weighted by Gasteiger charge is -2.29. The molecule has 20 heavy (non-hydrogen) atoms. The van der Waals surface area contributed by atoms with Gasteiger partial charge in [-0.1, -0.05) is 20.3 Å². The molecule has 0 aromatic carbocycles. The van der Waals surface area contributed by atoms with Crippen LogP contribution in [0, 0.1) is 17.2 Å². The van der Waals surface area contributed by atoms with Crippen LogP contribution in [0.5, 0.6) is 0 Å². The SMILES string of the molecule is CC[C@H](C)[C@](C)(O)CNC(=O)/C(C#N)=C/c1ccco1. The maximum absolute atomic E-state index is 11.9. The average molecular weight is 276 g/mol. The summed E-state index contributed by atoms with van der Waals surface area (Å²) in [5.74, 6) is -0.0414. The van der Waals surface area contributed by atoms with Gasteiger partial charge in [-0.3, -0.25) is 4.79 Å². The Labute approximate surface area is 118 Å². The molecule has 0 bridgehead atoms. The molecule has 1 aromatic heterocycles. The first-order valence-corrected chi connectivity index (χ1v) is 6.56. The molecule has 108 valence electrons. The highest BCUT2D eigenvalue weighted by Gasteiger charge is 2.27. The number of amides is 1. The number of nitrogens with zero attached hydrogens (tertiary/aromatic N) is 1. The van der Waals surface area contributed by atoms with Crippen molar-refractivity contribution in [2.24, 2.45) is 5.92 Å². The van der Waals surface area contributed by atoms with Gasteiger partial charge in [0, 0.05) is 12.6 Å². The highest BCUT2D eigenvalue weighted by molar-refractivity contribution is 6.01. The van der Waals surface area contributed by atoms with Gasteiger partial charge in [0.2, 0.25) is 0 Å². The van der Waals surface area contributed by atoms with Gasteiger partial charge in [-0.2, -0.15) is 5.26 Å². The van der Waals surface area contributed by atoms with E-state index in [9.17, 15) is 9.90 Å². The summed E-state index contributed by atoms with van der Waals surface area (Å²) in [6.07, 6.45) is 3.63. The zero-order valence-electron chi connectivity index (χ0n) is 12.0. The Hall–Kier alpha value is -2.06. The molecule has 0 aliphatic heterocycles. The summed E-state index contributed by atoms with van der Waals surface area (Å²) in [5, 5.41) is 21.8. The molecule has 0 saturated heterocycles. The maximum atomic E-state index is 11.9. The summed E-state index contributed by atoms with van der Waals surface area (Å²) >= 11 is 0. The topological polar surface area (TPSA) is 86.3 Å². The largest absolute Gasteiger partial charge is 0.465 e. The zero-order chi connectivity index (χ0) is 15.2. The van der Waals surface area contributed by atoms with Gasteiger partial charge >= 0.3 is 0 Å². The van der Waals surface area contributed by atoms with E-state index in [2.05, 4.69) is 5.32 Å². The minimum atomic E-state index is -1.00. The second-order valence-electron chi connectivity index (χ2n) is 5.03. The lowest BCUT2D eigenvalue weighted by molar-refractivity contribution is -0.118. The molecule has 1 aromatic rings. The van der Waals surface area contributed by atoms with E-state index < -0.39 is 11.5 Å². The molecule has 0 spiro atoms. The lowest BCUT2D eigenvalue weighted by atomic mass is 9.88. The number of nitrogens with one attached hydrogen (secondary N) is 1. The van der Waals surface area contributed by atoms with E-state index in [1.165, 1.54) is 12.3 Å². The van der Waals surface area contributed by atoms with Crippen LogP contribution in [0.2, 0.25) is 0 Å². The van der Waals surface area contributed by atoms with Crippen LogP contribution in [0.25, 0.3) is 6.08 Å². The van der Waals surface area contributed by atoms with Crippen LogP contribution >= 0.6 is 0 Å². The molecule has 5 heteroatoms. The van der Waals surface area contributed by atoms with E-state index in [0.717, 1.165) is 6.42 Å². The lowest BCUT2D eigenvalue weighted by Crippen LogP contribution is -2.45. The van der Waals surface area contributed by atoms with Crippen molar-refractivity contribution in [2.75, 3.05) is 6.54 Å². The van der Waals surface area contributed by atoms with E-state index in [0.29, 0.717) is 5.76 Å². The van der Waals surface area contributed by atoms with Crippen molar-refractivity contribution in [2.45, 2.75) is 32.8 Å². The normalized spacial score (nSPS) is 16.1. The molecular formula is C15H20N2O3. The predicted octanol–water partition coefficient (Wildman–Crippen LogP) is 2.10. The monoisotopic (exact) mass is 276 g/mol. The van der Waals surface area contributed by atoms with E-state index in [-0.39, 0.29) is 18.0 Å². The number of carbonyl (C=O) groups is 1. The highest BCUT2D eigenvalue weighted by atomic mass is 16.3. The van der Waals surface area contributed by atoms with Crippen LogP contribution in [0.4, 0.5) is 0 Å². The number of furan rings is 1. The second-order valence-corrected chi connectivity index (χ2v) is 5.03. The third-order valence-electron chi connectivity index (χ3n) is 3.48. The van der Waals surface area contributed by atoms with Crippen LogP contribution < -0.4 is 5.32 Å². The number of hydrogen-bond donors (Lipinski definition) is 2. The summed E-state index contributed by atoms with van der Waals surface area (Å²) in [4.78, 5) is 11.9. The Bertz CT molecular complexity index is 510. The van der Waals surface area contributed by atoms with Gasteiger partial charge in [-0.05, 0) is 25.0 Å². The van der Waals surface area contributed by atoms with Gasteiger partial charge in [0.25, 0.3) is 5.91 Å². The Morgan fingerprint density at radius 2 is 2.40 bits per heavy atom. The smallest absolute Gasteiger partial charge is 0.262 e. The average Bonchev–Trinajstić information content (AvgIpc) is 2.94. The Morgan fingerprint density at radius 3 is 2.90 bits per heavy atom. The molecule has 1 heterocycles. The summed E-state index contributed by atoms with van der Waals surface area (Å²) in [6.45, 7) is 5.65. The molecule has 0 aliphatic carbocycles. The van der Waals surface area contributed by atoms with E-state index >= 15 is 0 Å². The molecule has 1 amide bonds. The number of aliphatic hydroxyl groups is 1. The van der Waals surface area contributed by atoms with Gasteiger partial charge in [0.1, 0.15) is 17.4 Å². The van der Waals surface area contributed by atoms with Gasteiger partial charge in [-0.15, -0.1) is 0 Å². The van der Waals surface area contributed by atoms with Gasteiger partial charge in [0.05, 0.1) is 11.9 Å². The summed E-state index contributed by atoms with van der Waals surface area (Å²) < 4.78 is 5.06. The van der Waals surface area contributed by atoms with Gasteiger partial charge in [0.15, 0.2) is 0 Å². The molecule has 2 N–H and O–H groups in total. The zero-order valence-corrected chi connectivity index (χ0v) is 12.0. The summed E-state index contributed by atoms with van der Waals surface area (Å²) in [6, 6.07) is 5.15. The molecule has 1 rings (SSSR count). The van der Waals surface area contributed by atoms with Gasteiger partial charge < -0.3 is 14.8 Å². The standard InChI is InChI=1S/C15H20N2O3/c1-4-11(2)15(3,19)10-17-14(18)12(9-16)8-13-6-5-7-20-13/h5-8,11,19H,4,10H2,1-3H3,(H,17,18)/b12-8+/t11-,15+/m0/s1.